The fourth-order valence-electron chi connectivity index (χ4n) is 1.02. The number of hydrogen-bond acceptors (Lipinski definition) is 2. The van der Waals surface area contributed by atoms with Gasteiger partial charge in [0.15, 0.2) is 0 Å². The molecule has 62 valence electrons. The summed E-state index contributed by atoms with van der Waals surface area (Å²) >= 11 is 0. The highest BCUT2D eigenvalue weighted by atomic mass is 14.6. The number of hydrogen-bond donors (Lipinski definition) is 0. The van der Waals surface area contributed by atoms with Crippen molar-refractivity contribution in [3.63, 3.8) is 0 Å². The van der Waals surface area contributed by atoms with Crippen LogP contribution in [0.15, 0.2) is 42.6 Å². The van der Waals surface area contributed by atoms with Crippen LogP contribution in [-0.4, -0.2) is 12.8 Å². The predicted octanol–water partition coefficient (Wildman–Crippen LogP) is 1.34. The lowest BCUT2D eigenvalue weighted by Crippen LogP contribution is -1.73. The smallest absolute Gasteiger partial charge is 0.232 e. The molecule has 0 spiro atoms. The summed E-state index contributed by atoms with van der Waals surface area (Å²) in [6.45, 7) is 0. The third kappa shape index (κ3) is 2.60. The van der Waals surface area contributed by atoms with E-state index in [1.807, 2.05) is 30.5 Å². The van der Waals surface area contributed by atoms with E-state index < -0.39 is 0 Å². The Labute approximate surface area is 78.2 Å². The second-order valence-electron chi connectivity index (χ2n) is 2.42. The van der Waals surface area contributed by atoms with Gasteiger partial charge in [-0.1, -0.05) is 24.3 Å². The van der Waals surface area contributed by atoms with Crippen molar-refractivity contribution < 1.29 is 0 Å². The zero-order chi connectivity index (χ0) is 9.52. The highest BCUT2D eigenvalue weighted by Gasteiger charge is 1.86. The van der Waals surface area contributed by atoms with Gasteiger partial charge in [-0.2, -0.15) is 0 Å². The normalized spacial score (nSPS) is 8.23. The number of pyridine rings is 1. The number of aromatic nitrogens is 1. The lowest BCUT2D eigenvalue weighted by molar-refractivity contribution is 1.41. The van der Waals surface area contributed by atoms with Crippen molar-refractivity contribution in [1.29, 1.82) is 5.26 Å². The number of nitriles is 1. The average Bonchev–Trinajstić information content (AvgIpc) is 2.19. The number of nitrogens with zero attached hydrogens (tertiary/aromatic N) is 2. The maximum atomic E-state index is 7.32. The molecule has 0 aliphatic heterocycles. The molecule has 1 heterocycles. The quantitative estimate of drug-likeness (QED) is 0.556. The maximum Gasteiger partial charge on any atom is 0.232 e. The fraction of sp³-hybridized carbons (Fsp3) is 0. The molecule has 2 aromatic rings. The number of fused-ring (bicyclic) bond motifs is 1. The van der Waals surface area contributed by atoms with Crippen LogP contribution < -0.4 is 0 Å². The van der Waals surface area contributed by atoms with Crippen molar-refractivity contribution in [1.82, 2.24) is 4.98 Å². The van der Waals surface area contributed by atoms with Gasteiger partial charge in [0.05, 0.1) is 5.52 Å². The van der Waals surface area contributed by atoms with E-state index in [2.05, 4.69) is 17.1 Å². The molecule has 0 unspecified atom stereocenters. The molecule has 3 heteroatoms. The molecule has 2 rings (SSSR count). The molecule has 2 nitrogen and oxygen atoms in total. The Morgan fingerprint density at radius 1 is 1.15 bits per heavy atom. The minimum Gasteiger partial charge on any atom is -0.256 e. The summed E-state index contributed by atoms with van der Waals surface area (Å²) in [4.78, 5) is 4.18. The molecule has 13 heavy (non-hydrogen) atoms. The SMILES string of the molecule is BC#N.c1ccc2ncccc2c1. The molecule has 0 saturated heterocycles. The van der Waals surface area contributed by atoms with Crippen LogP contribution in [0.4, 0.5) is 0 Å². The number of para-hydroxylation sites is 1. The maximum absolute atomic E-state index is 7.32. The Morgan fingerprint density at radius 2 is 1.77 bits per heavy atom. The van der Waals surface area contributed by atoms with Crippen molar-refractivity contribution >= 4 is 18.7 Å². The Kier molecular flexibility index (Phi) is 3.53. The molecule has 0 aliphatic rings. The molecular weight excluding hydrogens is 159 g/mol. The van der Waals surface area contributed by atoms with Crippen molar-refractivity contribution in [2.24, 2.45) is 0 Å². The van der Waals surface area contributed by atoms with Crippen molar-refractivity contribution in [2.75, 3.05) is 0 Å². The van der Waals surface area contributed by atoms with Crippen LogP contribution in [0.3, 0.4) is 0 Å². The first kappa shape index (κ1) is 9.27. The van der Waals surface area contributed by atoms with E-state index in [1.165, 1.54) is 13.2 Å². The van der Waals surface area contributed by atoms with Gasteiger partial charge < -0.3 is 0 Å². The minimum absolute atomic E-state index is 1.06. The fourth-order valence-corrected chi connectivity index (χ4v) is 1.02. The minimum atomic E-state index is 1.06. The van der Waals surface area contributed by atoms with E-state index in [4.69, 9.17) is 5.26 Å². The summed E-state index contributed by atoms with van der Waals surface area (Å²) in [7, 11) is 1.43. The third-order valence-electron chi connectivity index (χ3n) is 1.51. The van der Waals surface area contributed by atoms with Crippen LogP contribution in [0.1, 0.15) is 0 Å². The van der Waals surface area contributed by atoms with Gasteiger partial charge in [-0.25, -0.2) is 5.26 Å². The van der Waals surface area contributed by atoms with Gasteiger partial charge >= 0.3 is 0 Å². The summed E-state index contributed by atoms with van der Waals surface area (Å²) < 4.78 is 0. The van der Waals surface area contributed by atoms with E-state index in [-0.39, 0.29) is 0 Å². The van der Waals surface area contributed by atoms with E-state index >= 15 is 0 Å². The molecular formula is C10H9BN2. The van der Waals surface area contributed by atoms with Crippen LogP contribution in [0, 0.1) is 11.2 Å². The first-order valence-corrected chi connectivity index (χ1v) is 3.99. The van der Waals surface area contributed by atoms with Gasteiger partial charge in [0.2, 0.25) is 7.85 Å². The molecule has 0 atom stereocenters. The molecule has 0 aliphatic carbocycles. The Hall–Kier alpha value is -1.82. The second kappa shape index (κ2) is 4.94. The summed E-state index contributed by atoms with van der Waals surface area (Å²) in [5, 5.41) is 8.52. The summed E-state index contributed by atoms with van der Waals surface area (Å²) in [5.74, 6) is 1.75. The second-order valence-corrected chi connectivity index (χ2v) is 2.42. The zero-order valence-corrected chi connectivity index (χ0v) is 7.44. The first-order chi connectivity index (χ1) is 6.38. The van der Waals surface area contributed by atoms with Crippen LogP contribution in [0.25, 0.3) is 10.9 Å². The summed E-state index contributed by atoms with van der Waals surface area (Å²) in [6.07, 6.45) is 1.81. The van der Waals surface area contributed by atoms with Crippen LogP contribution in [-0.2, 0) is 0 Å². The Morgan fingerprint density at radius 3 is 2.46 bits per heavy atom. The van der Waals surface area contributed by atoms with Crippen molar-refractivity contribution in [3.8, 4) is 5.97 Å². The topological polar surface area (TPSA) is 36.7 Å². The monoisotopic (exact) mass is 168 g/mol. The van der Waals surface area contributed by atoms with Gasteiger partial charge in [0.25, 0.3) is 0 Å². The highest BCUT2D eigenvalue weighted by Crippen LogP contribution is 2.07. The number of rotatable bonds is 0. The number of benzene rings is 1. The van der Waals surface area contributed by atoms with Gasteiger partial charge in [-0.15, -0.1) is 0 Å². The first-order valence-electron chi connectivity index (χ1n) is 3.99. The van der Waals surface area contributed by atoms with E-state index in [0.29, 0.717) is 0 Å². The molecule has 1 aromatic heterocycles. The molecule has 0 bridgehead atoms. The highest BCUT2D eigenvalue weighted by molar-refractivity contribution is 6.20. The molecule has 0 saturated carbocycles. The summed E-state index contributed by atoms with van der Waals surface area (Å²) in [6, 6.07) is 12.1. The van der Waals surface area contributed by atoms with Crippen molar-refractivity contribution in [2.45, 2.75) is 0 Å². The lowest BCUT2D eigenvalue weighted by atomic mass is 10.2. The Balaban J connectivity index is 0.000000251. The molecule has 1 aromatic carbocycles. The predicted molar refractivity (Wildman–Crippen MR) is 55.9 cm³/mol. The van der Waals surface area contributed by atoms with Crippen molar-refractivity contribution in [3.05, 3.63) is 42.6 Å². The Bertz CT molecular complexity index is 355. The van der Waals surface area contributed by atoms with E-state index in [9.17, 15) is 0 Å². The van der Waals surface area contributed by atoms with Gasteiger partial charge in [-0.3, -0.25) is 4.98 Å². The summed E-state index contributed by atoms with van der Waals surface area (Å²) in [5.41, 5.74) is 1.06. The molecule has 0 fully saturated rings. The van der Waals surface area contributed by atoms with Gasteiger partial charge in [0, 0.05) is 11.6 Å². The lowest BCUT2D eigenvalue weighted by Gasteiger charge is -1.91. The van der Waals surface area contributed by atoms with E-state index in [0.717, 1.165) is 5.52 Å². The van der Waals surface area contributed by atoms with Crippen LogP contribution in [0.5, 0.6) is 0 Å². The van der Waals surface area contributed by atoms with Crippen LogP contribution in [0.2, 0.25) is 0 Å². The van der Waals surface area contributed by atoms with Gasteiger partial charge in [0.1, 0.15) is 0 Å². The third-order valence-corrected chi connectivity index (χ3v) is 1.51. The largest absolute Gasteiger partial charge is 0.256 e. The van der Waals surface area contributed by atoms with Crippen LogP contribution >= 0.6 is 0 Å². The van der Waals surface area contributed by atoms with E-state index in [1.54, 1.807) is 5.97 Å². The zero-order valence-electron chi connectivity index (χ0n) is 7.44. The molecule has 0 amide bonds. The van der Waals surface area contributed by atoms with Gasteiger partial charge in [-0.05, 0) is 18.1 Å². The molecule has 0 N–H and O–H groups in total. The molecule has 0 radical (unpaired) electrons. The standard InChI is InChI=1S/C9H7N.CH2BN/c1-2-6-9-8(4-1)5-3-7-10-9;2-1-3/h1-7H;2H2. The average molecular weight is 168 g/mol.